The highest BCUT2D eigenvalue weighted by molar-refractivity contribution is 6.30. The van der Waals surface area contributed by atoms with Gasteiger partial charge in [0.05, 0.1) is 25.2 Å². The first-order valence-corrected chi connectivity index (χ1v) is 12.2. The van der Waals surface area contributed by atoms with Gasteiger partial charge in [0.15, 0.2) is 11.5 Å². The number of carbonyl (C=O) groups is 2. The number of nitrogens with zero attached hydrogens (tertiary/aromatic N) is 2. The van der Waals surface area contributed by atoms with Gasteiger partial charge in [-0.1, -0.05) is 17.7 Å². The standard InChI is InChI=1S/C26H29ClN2O4/c27-21-9-6-18(7-10-21)25(30)28-12-1-4-20(17-28)26(31)29-13-2-5-22(29)19-8-11-23-24(16-19)33-15-3-14-32-23/h6-11,16,20,22H,1-5,12-15,17H2/t20-,22+/m0/s1. The fraction of sp³-hybridized carbons (Fsp3) is 0.462. The van der Waals surface area contributed by atoms with Crippen LogP contribution >= 0.6 is 11.6 Å². The average Bonchev–Trinajstić information content (AvgIpc) is 3.22. The van der Waals surface area contributed by atoms with Crippen molar-refractivity contribution in [3.8, 4) is 11.5 Å². The molecule has 2 atom stereocenters. The van der Waals surface area contributed by atoms with Gasteiger partial charge in [-0.2, -0.15) is 0 Å². The third-order valence-corrected chi connectivity index (χ3v) is 7.09. The number of hydrogen-bond acceptors (Lipinski definition) is 4. The number of carbonyl (C=O) groups excluding carboxylic acids is 2. The van der Waals surface area contributed by atoms with Gasteiger partial charge in [-0.15, -0.1) is 0 Å². The minimum Gasteiger partial charge on any atom is -0.490 e. The Hall–Kier alpha value is -2.73. The van der Waals surface area contributed by atoms with Crippen LogP contribution in [0, 0.1) is 5.92 Å². The highest BCUT2D eigenvalue weighted by Crippen LogP contribution is 2.39. The zero-order valence-electron chi connectivity index (χ0n) is 18.7. The zero-order chi connectivity index (χ0) is 22.8. The molecule has 0 aliphatic carbocycles. The molecule has 2 aromatic rings. The average molecular weight is 469 g/mol. The van der Waals surface area contributed by atoms with E-state index < -0.39 is 0 Å². The number of hydrogen-bond donors (Lipinski definition) is 0. The molecule has 0 saturated carbocycles. The number of amides is 2. The van der Waals surface area contributed by atoms with E-state index in [1.807, 2.05) is 21.9 Å². The number of likely N-dealkylation sites (tertiary alicyclic amines) is 2. The summed E-state index contributed by atoms with van der Waals surface area (Å²) in [6.45, 7) is 3.19. The van der Waals surface area contributed by atoms with Gasteiger partial charge in [-0.25, -0.2) is 0 Å². The lowest BCUT2D eigenvalue weighted by molar-refractivity contribution is -0.138. The summed E-state index contributed by atoms with van der Waals surface area (Å²) in [5.74, 6) is 1.48. The van der Waals surface area contributed by atoms with Gasteiger partial charge in [0.1, 0.15) is 0 Å². The maximum Gasteiger partial charge on any atom is 0.253 e. The fourth-order valence-corrected chi connectivity index (χ4v) is 5.26. The van der Waals surface area contributed by atoms with E-state index in [4.69, 9.17) is 21.1 Å². The van der Waals surface area contributed by atoms with Crippen molar-refractivity contribution >= 4 is 23.4 Å². The topological polar surface area (TPSA) is 59.1 Å². The number of halogens is 1. The Balaban J connectivity index is 1.29. The van der Waals surface area contributed by atoms with Crippen LogP contribution in [0.1, 0.15) is 54.1 Å². The molecule has 5 rings (SSSR count). The number of piperidine rings is 1. The first-order valence-electron chi connectivity index (χ1n) is 11.8. The Morgan fingerprint density at radius 2 is 1.64 bits per heavy atom. The number of fused-ring (bicyclic) bond motifs is 1. The molecule has 2 amide bonds. The smallest absolute Gasteiger partial charge is 0.253 e. The van der Waals surface area contributed by atoms with Crippen LogP contribution in [0.25, 0.3) is 0 Å². The van der Waals surface area contributed by atoms with Crippen LogP contribution in [0.15, 0.2) is 42.5 Å². The van der Waals surface area contributed by atoms with E-state index in [-0.39, 0.29) is 23.8 Å². The van der Waals surface area contributed by atoms with E-state index in [1.165, 1.54) is 0 Å². The lowest BCUT2D eigenvalue weighted by Crippen LogP contribution is -2.46. The molecule has 0 unspecified atom stereocenters. The van der Waals surface area contributed by atoms with E-state index in [0.29, 0.717) is 36.9 Å². The first kappa shape index (κ1) is 22.1. The Morgan fingerprint density at radius 1 is 0.879 bits per heavy atom. The summed E-state index contributed by atoms with van der Waals surface area (Å²) < 4.78 is 11.6. The summed E-state index contributed by atoms with van der Waals surface area (Å²) >= 11 is 5.96. The number of benzene rings is 2. The van der Waals surface area contributed by atoms with Crippen molar-refractivity contribution in [3.63, 3.8) is 0 Å². The molecule has 3 aliphatic heterocycles. The quantitative estimate of drug-likeness (QED) is 0.654. The maximum atomic E-state index is 13.6. The molecule has 7 heteroatoms. The second-order valence-corrected chi connectivity index (χ2v) is 9.48. The van der Waals surface area contributed by atoms with Gasteiger partial charge in [0, 0.05) is 36.6 Å². The van der Waals surface area contributed by atoms with Crippen molar-refractivity contribution in [2.75, 3.05) is 32.8 Å². The van der Waals surface area contributed by atoms with Crippen molar-refractivity contribution < 1.29 is 19.1 Å². The Kier molecular flexibility index (Phi) is 6.45. The first-order chi connectivity index (χ1) is 16.1. The van der Waals surface area contributed by atoms with E-state index in [1.54, 1.807) is 24.3 Å². The van der Waals surface area contributed by atoms with Crippen LogP contribution in [0.4, 0.5) is 0 Å². The largest absolute Gasteiger partial charge is 0.490 e. The van der Waals surface area contributed by atoms with E-state index in [0.717, 1.165) is 55.7 Å². The van der Waals surface area contributed by atoms with Crippen LogP contribution in [0.5, 0.6) is 11.5 Å². The predicted octanol–water partition coefficient (Wildman–Crippen LogP) is 4.72. The second kappa shape index (κ2) is 9.64. The fourth-order valence-electron chi connectivity index (χ4n) is 5.14. The lowest BCUT2D eigenvalue weighted by Gasteiger charge is -2.36. The maximum absolute atomic E-state index is 13.6. The van der Waals surface area contributed by atoms with E-state index in [2.05, 4.69) is 6.07 Å². The molecular weight excluding hydrogens is 440 g/mol. The minimum atomic E-state index is -0.170. The van der Waals surface area contributed by atoms with Gasteiger partial charge >= 0.3 is 0 Å². The molecule has 2 aromatic carbocycles. The predicted molar refractivity (Wildman–Crippen MR) is 126 cm³/mol. The molecule has 3 aliphatic rings. The molecule has 0 spiro atoms. The third kappa shape index (κ3) is 4.67. The van der Waals surface area contributed by atoms with Crippen LogP contribution in [-0.2, 0) is 4.79 Å². The van der Waals surface area contributed by atoms with Crippen LogP contribution in [-0.4, -0.2) is 54.5 Å². The summed E-state index contributed by atoms with van der Waals surface area (Å²) in [6, 6.07) is 13.0. The van der Waals surface area contributed by atoms with Crippen molar-refractivity contribution in [2.45, 2.75) is 38.1 Å². The Morgan fingerprint density at radius 3 is 2.45 bits per heavy atom. The Bertz CT molecular complexity index is 1030. The lowest BCUT2D eigenvalue weighted by atomic mass is 9.94. The SMILES string of the molecule is O=C(c1ccc(Cl)cc1)N1CCC[C@H](C(=O)N2CCC[C@@H]2c2ccc3c(c2)OCCCO3)C1. The normalized spacial score (nSPS) is 22.7. The van der Waals surface area contributed by atoms with Crippen LogP contribution in [0.2, 0.25) is 5.02 Å². The molecule has 2 fully saturated rings. The van der Waals surface area contributed by atoms with Crippen LogP contribution < -0.4 is 9.47 Å². The van der Waals surface area contributed by atoms with Crippen molar-refractivity contribution in [1.82, 2.24) is 9.80 Å². The molecule has 174 valence electrons. The van der Waals surface area contributed by atoms with E-state index in [9.17, 15) is 9.59 Å². The molecule has 6 nitrogen and oxygen atoms in total. The van der Waals surface area contributed by atoms with E-state index >= 15 is 0 Å². The molecule has 2 saturated heterocycles. The number of ether oxygens (including phenoxy) is 2. The summed E-state index contributed by atoms with van der Waals surface area (Å²) in [7, 11) is 0. The Labute approximate surface area is 199 Å². The monoisotopic (exact) mass is 468 g/mol. The van der Waals surface area contributed by atoms with Crippen LogP contribution in [0.3, 0.4) is 0 Å². The molecule has 0 bridgehead atoms. The molecule has 0 aromatic heterocycles. The molecule has 0 N–H and O–H groups in total. The highest BCUT2D eigenvalue weighted by Gasteiger charge is 2.37. The minimum absolute atomic E-state index is 0.0370. The summed E-state index contributed by atoms with van der Waals surface area (Å²) in [6.07, 6.45) is 4.42. The molecular formula is C26H29ClN2O4. The molecule has 33 heavy (non-hydrogen) atoms. The van der Waals surface area contributed by atoms with Gasteiger partial charge < -0.3 is 19.3 Å². The van der Waals surface area contributed by atoms with Gasteiger partial charge in [-0.3, -0.25) is 9.59 Å². The second-order valence-electron chi connectivity index (χ2n) is 9.04. The highest BCUT2D eigenvalue weighted by atomic mass is 35.5. The zero-order valence-corrected chi connectivity index (χ0v) is 19.4. The van der Waals surface area contributed by atoms with Crippen molar-refractivity contribution in [2.24, 2.45) is 5.92 Å². The van der Waals surface area contributed by atoms with Gasteiger partial charge in [-0.05, 0) is 67.6 Å². The third-order valence-electron chi connectivity index (χ3n) is 6.84. The van der Waals surface area contributed by atoms with Gasteiger partial charge in [0.2, 0.25) is 5.91 Å². The summed E-state index contributed by atoms with van der Waals surface area (Å²) in [5, 5.41) is 0.605. The van der Waals surface area contributed by atoms with Crippen molar-refractivity contribution in [1.29, 1.82) is 0 Å². The molecule has 3 heterocycles. The van der Waals surface area contributed by atoms with Gasteiger partial charge in [0.25, 0.3) is 5.91 Å². The van der Waals surface area contributed by atoms with Crippen molar-refractivity contribution in [3.05, 3.63) is 58.6 Å². The number of rotatable bonds is 3. The molecule has 0 radical (unpaired) electrons. The summed E-state index contributed by atoms with van der Waals surface area (Å²) in [5.41, 5.74) is 1.70. The summed E-state index contributed by atoms with van der Waals surface area (Å²) in [4.78, 5) is 30.4.